The first-order valence-electron chi connectivity index (χ1n) is 5.87. The molecule has 0 amide bonds. The third kappa shape index (κ3) is 3.13. The maximum Gasteiger partial charge on any atom is 0.417 e. The first kappa shape index (κ1) is 14.0. The van der Waals surface area contributed by atoms with Gasteiger partial charge in [-0.1, -0.05) is 18.5 Å². The molecule has 0 aliphatic rings. The van der Waals surface area contributed by atoms with Crippen LogP contribution >= 0.6 is 11.6 Å². The summed E-state index contributed by atoms with van der Waals surface area (Å²) < 4.78 is 43.8. The highest BCUT2D eigenvalue weighted by Crippen LogP contribution is 2.37. The molecule has 0 saturated carbocycles. The van der Waals surface area contributed by atoms with Gasteiger partial charge in [0.1, 0.15) is 11.5 Å². The molecule has 1 aromatic heterocycles. The highest BCUT2D eigenvalue weighted by Gasteiger charge is 2.33. The second-order valence-corrected chi connectivity index (χ2v) is 4.62. The highest BCUT2D eigenvalue weighted by atomic mass is 35.5. The van der Waals surface area contributed by atoms with Crippen molar-refractivity contribution in [3.8, 4) is 11.3 Å². The Morgan fingerprint density at radius 2 is 1.89 bits per heavy atom. The van der Waals surface area contributed by atoms with E-state index in [4.69, 9.17) is 16.0 Å². The lowest BCUT2D eigenvalue weighted by atomic mass is 10.1. The molecule has 0 aliphatic carbocycles. The summed E-state index contributed by atoms with van der Waals surface area (Å²) in [6, 6.07) is 7.22. The fourth-order valence-corrected chi connectivity index (χ4v) is 2.03. The third-order valence-corrected chi connectivity index (χ3v) is 3.04. The Hall–Kier alpha value is -1.42. The van der Waals surface area contributed by atoms with Crippen LogP contribution in [0.15, 0.2) is 34.7 Å². The van der Waals surface area contributed by atoms with Gasteiger partial charge >= 0.3 is 6.18 Å². The van der Waals surface area contributed by atoms with Gasteiger partial charge in [-0.05, 0) is 36.8 Å². The molecule has 1 heterocycles. The number of aryl methyl sites for hydroxylation is 1. The lowest BCUT2D eigenvalue weighted by Crippen LogP contribution is -2.05. The van der Waals surface area contributed by atoms with Crippen molar-refractivity contribution in [3.05, 3.63) is 46.7 Å². The summed E-state index contributed by atoms with van der Waals surface area (Å²) in [4.78, 5) is 0. The highest BCUT2D eigenvalue weighted by molar-refractivity contribution is 6.31. The minimum Gasteiger partial charge on any atom is -0.461 e. The predicted molar refractivity (Wildman–Crippen MR) is 68.2 cm³/mol. The van der Waals surface area contributed by atoms with E-state index in [1.165, 1.54) is 12.1 Å². The topological polar surface area (TPSA) is 13.1 Å². The lowest BCUT2D eigenvalue weighted by Gasteiger charge is -2.09. The van der Waals surface area contributed by atoms with Gasteiger partial charge in [-0.3, -0.25) is 0 Å². The molecule has 0 atom stereocenters. The van der Waals surface area contributed by atoms with Crippen LogP contribution in [0.2, 0.25) is 5.02 Å². The molecule has 1 aromatic carbocycles. The van der Waals surface area contributed by atoms with Crippen LogP contribution in [0.1, 0.15) is 24.7 Å². The van der Waals surface area contributed by atoms with Crippen molar-refractivity contribution in [3.63, 3.8) is 0 Å². The smallest absolute Gasteiger partial charge is 0.417 e. The van der Waals surface area contributed by atoms with Crippen molar-refractivity contribution in [2.24, 2.45) is 0 Å². The van der Waals surface area contributed by atoms with Crippen LogP contribution in [0.3, 0.4) is 0 Å². The maximum absolute atomic E-state index is 12.8. The van der Waals surface area contributed by atoms with Crippen molar-refractivity contribution in [2.45, 2.75) is 25.9 Å². The number of rotatable bonds is 3. The molecule has 19 heavy (non-hydrogen) atoms. The van der Waals surface area contributed by atoms with Gasteiger partial charge in [0.25, 0.3) is 0 Å². The molecule has 0 saturated heterocycles. The number of hydrogen-bond donors (Lipinski definition) is 0. The van der Waals surface area contributed by atoms with Crippen LogP contribution in [-0.2, 0) is 12.6 Å². The van der Waals surface area contributed by atoms with Crippen molar-refractivity contribution in [2.75, 3.05) is 0 Å². The van der Waals surface area contributed by atoms with Gasteiger partial charge in [-0.25, -0.2) is 0 Å². The van der Waals surface area contributed by atoms with Crippen LogP contribution in [-0.4, -0.2) is 0 Å². The third-order valence-electron chi connectivity index (χ3n) is 2.71. The summed E-state index contributed by atoms with van der Waals surface area (Å²) in [5.74, 6) is 1.19. The Bertz CT molecular complexity index is 572. The Balaban J connectivity index is 2.39. The van der Waals surface area contributed by atoms with Crippen molar-refractivity contribution in [1.82, 2.24) is 0 Å². The normalized spacial score (nSPS) is 11.8. The molecule has 0 fully saturated rings. The number of hydrogen-bond acceptors (Lipinski definition) is 1. The van der Waals surface area contributed by atoms with Gasteiger partial charge < -0.3 is 4.42 Å². The van der Waals surface area contributed by atoms with E-state index in [0.717, 1.165) is 24.7 Å². The Morgan fingerprint density at radius 3 is 2.53 bits per heavy atom. The molecule has 0 unspecified atom stereocenters. The van der Waals surface area contributed by atoms with Gasteiger partial charge in [0, 0.05) is 12.0 Å². The van der Waals surface area contributed by atoms with E-state index in [0.29, 0.717) is 11.3 Å². The fraction of sp³-hybridized carbons (Fsp3) is 0.286. The minimum absolute atomic E-state index is 0.309. The molecule has 0 spiro atoms. The largest absolute Gasteiger partial charge is 0.461 e. The molecule has 102 valence electrons. The van der Waals surface area contributed by atoms with Crippen LogP contribution < -0.4 is 0 Å². The van der Waals surface area contributed by atoms with Crippen molar-refractivity contribution >= 4 is 11.6 Å². The second kappa shape index (κ2) is 5.29. The fourth-order valence-electron chi connectivity index (χ4n) is 1.81. The van der Waals surface area contributed by atoms with Crippen molar-refractivity contribution in [1.29, 1.82) is 0 Å². The molecule has 2 rings (SSSR count). The molecule has 0 aliphatic heterocycles. The number of furan rings is 1. The van der Waals surface area contributed by atoms with E-state index in [1.54, 1.807) is 12.1 Å². The van der Waals surface area contributed by atoms with E-state index in [1.807, 2.05) is 6.92 Å². The molecule has 0 bridgehead atoms. The molecule has 1 nitrogen and oxygen atoms in total. The number of halogens is 4. The first-order valence-corrected chi connectivity index (χ1v) is 6.25. The van der Waals surface area contributed by atoms with E-state index >= 15 is 0 Å². The van der Waals surface area contributed by atoms with Crippen molar-refractivity contribution < 1.29 is 17.6 Å². The molecule has 5 heteroatoms. The average Bonchev–Trinajstić information content (AvgIpc) is 2.77. The van der Waals surface area contributed by atoms with E-state index in [2.05, 4.69) is 0 Å². The van der Waals surface area contributed by atoms with Gasteiger partial charge in [-0.15, -0.1) is 0 Å². The zero-order chi connectivity index (χ0) is 14.0. The zero-order valence-electron chi connectivity index (χ0n) is 10.2. The van der Waals surface area contributed by atoms with Gasteiger partial charge in [0.15, 0.2) is 0 Å². The standard InChI is InChI=1S/C14H12ClF3O/c1-2-3-10-5-7-13(19-10)9-4-6-12(15)11(8-9)14(16,17)18/h4-8H,2-3H2,1H3. The Kier molecular flexibility index (Phi) is 3.90. The van der Waals surface area contributed by atoms with E-state index in [9.17, 15) is 13.2 Å². The molecule has 0 N–H and O–H groups in total. The molecule has 2 aromatic rings. The Morgan fingerprint density at radius 1 is 1.16 bits per heavy atom. The SMILES string of the molecule is CCCc1ccc(-c2ccc(Cl)c(C(F)(F)F)c2)o1. The molecular weight excluding hydrogens is 277 g/mol. The summed E-state index contributed by atoms with van der Waals surface area (Å²) in [6.07, 6.45) is -2.78. The first-order chi connectivity index (χ1) is 8.91. The van der Waals surface area contributed by atoms with Gasteiger partial charge in [0.05, 0.1) is 10.6 Å². The van der Waals surface area contributed by atoms with Gasteiger partial charge in [-0.2, -0.15) is 13.2 Å². The number of alkyl halides is 3. The minimum atomic E-state index is -4.47. The van der Waals surface area contributed by atoms with Crippen LogP contribution in [0.5, 0.6) is 0 Å². The monoisotopic (exact) mass is 288 g/mol. The predicted octanol–water partition coefficient (Wildman–Crippen LogP) is 5.57. The Labute approximate surface area is 114 Å². The summed E-state index contributed by atoms with van der Waals surface area (Å²) in [5, 5.41) is -0.309. The molecular formula is C14H12ClF3O. The average molecular weight is 289 g/mol. The van der Waals surface area contributed by atoms with E-state index < -0.39 is 11.7 Å². The summed E-state index contributed by atoms with van der Waals surface area (Å²) in [7, 11) is 0. The second-order valence-electron chi connectivity index (χ2n) is 4.21. The van der Waals surface area contributed by atoms with Crippen LogP contribution in [0.4, 0.5) is 13.2 Å². The van der Waals surface area contributed by atoms with Gasteiger partial charge in [0.2, 0.25) is 0 Å². The maximum atomic E-state index is 12.8. The van der Waals surface area contributed by atoms with Crippen LogP contribution in [0.25, 0.3) is 11.3 Å². The zero-order valence-corrected chi connectivity index (χ0v) is 11.0. The number of benzene rings is 1. The van der Waals surface area contributed by atoms with Crippen LogP contribution in [0, 0.1) is 0 Å². The summed E-state index contributed by atoms with van der Waals surface area (Å²) >= 11 is 5.57. The quantitative estimate of drug-likeness (QED) is 0.719. The lowest BCUT2D eigenvalue weighted by molar-refractivity contribution is -0.137. The van der Waals surface area contributed by atoms with E-state index in [-0.39, 0.29) is 5.02 Å². The molecule has 0 radical (unpaired) electrons. The summed E-state index contributed by atoms with van der Waals surface area (Å²) in [5.41, 5.74) is -0.473. The summed E-state index contributed by atoms with van der Waals surface area (Å²) in [6.45, 7) is 2.01.